The van der Waals surface area contributed by atoms with Crippen LogP contribution in [0.5, 0.6) is 0 Å². The van der Waals surface area contributed by atoms with Crippen molar-refractivity contribution in [1.29, 1.82) is 5.26 Å². The van der Waals surface area contributed by atoms with E-state index in [0.29, 0.717) is 11.4 Å². The van der Waals surface area contributed by atoms with Gasteiger partial charge in [0.15, 0.2) is 5.82 Å². The van der Waals surface area contributed by atoms with Gasteiger partial charge in [0, 0.05) is 18.0 Å². The van der Waals surface area contributed by atoms with Crippen LogP contribution in [0.3, 0.4) is 0 Å². The monoisotopic (exact) mass is 185 g/mol. The molecule has 2 aromatic rings. The van der Waals surface area contributed by atoms with Crippen LogP contribution in [0.15, 0.2) is 24.7 Å². The highest BCUT2D eigenvalue weighted by atomic mass is 14.9. The van der Waals surface area contributed by atoms with E-state index in [-0.39, 0.29) is 5.82 Å². The van der Waals surface area contributed by atoms with Crippen LogP contribution in [0.2, 0.25) is 0 Å². The van der Waals surface area contributed by atoms with E-state index in [0.717, 1.165) is 5.56 Å². The molecule has 0 aliphatic rings. The number of hydrogen-bond donors (Lipinski definition) is 2. The summed E-state index contributed by atoms with van der Waals surface area (Å²) in [5, 5.41) is 8.62. The summed E-state index contributed by atoms with van der Waals surface area (Å²) in [6.07, 6.45) is 4.96. The largest absolute Gasteiger partial charge is 0.382 e. The van der Waals surface area contributed by atoms with Crippen molar-refractivity contribution in [2.24, 2.45) is 0 Å². The number of nitrogen functional groups attached to an aromatic ring is 1. The van der Waals surface area contributed by atoms with E-state index in [9.17, 15) is 0 Å². The predicted octanol–water partition coefficient (Wildman–Crippen LogP) is 0.926. The maximum Gasteiger partial charge on any atom is 0.163 e. The SMILES string of the molecule is N#Cc1cnc(-c2cc[nH]c2)nc1N. The minimum absolute atomic E-state index is 0.207. The van der Waals surface area contributed by atoms with E-state index >= 15 is 0 Å². The number of nitrogens with two attached hydrogens (primary N) is 1. The van der Waals surface area contributed by atoms with Gasteiger partial charge in [0.1, 0.15) is 17.5 Å². The van der Waals surface area contributed by atoms with E-state index < -0.39 is 0 Å². The van der Waals surface area contributed by atoms with Crippen LogP contribution < -0.4 is 5.73 Å². The lowest BCUT2D eigenvalue weighted by molar-refractivity contribution is 1.17. The predicted molar refractivity (Wildman–Crippen MR) is 50.9 cm³/mol. The lowest BCUT2D eigenvalue weighted by Gasteiger charge is -1.98. The van der Waals surface area contributed by atoms with Gasteiger partial charge in [-0.25, -0.2) is 9.97 Å². The molecule has 5 nitrogen and oxygen atoms in total. The van der Waals surface area contributed by atoms with Gasteiger partial charge >= 0.3 is 0 Å². The molecule has 0 bridgehead atoms. The number of nitrogens with zero attached hydrogens (tertiary/aromatic N) is 3. The highest BCUT2D eigenvalue weighted by Crippen LogP contribution is 2.15. The van der Waals surface area contributed by atoms with Crippen molar-refractivity contribution in [3.63, 3.8) is 0 Å². The number of aromatic amines is 1. The Hall–Kier alpha value is -2.35. The molecule has 3 N–H and O–H groups in total. The molecule has 14 heavy (non-hydrogen) atoms. The van der Waals surface area contributed by atoms with Crippen LogP contribution in [0.1, 0.15) is 5.56 Å². The Kier molecular flexibility index (Phi) is 1.88. The van der Waals surface area contributed by atoms with Gasteiger partial charge in [-0.3, -0.25) is 0 Å². The van der Waals surface area contributed by atoms with E-state index in [2.05, 4.69) is 15.0 Å². The van der Waals surface area contributed by atoms with Gasteiger partial charge < -0.3 is 10.7 Å². The molecule has 5 heteroatoms. The van der Waals surface area contributed by atoms with Crippen LogP contribution in [-0.4, -0.2) is 15.0 Å². The van der Waals surface area contributed by atoms with Crippen molar-refractivity contribution in [2.75, 3.05) is 5.73 Å². The van der Waals surface area contributed by atoms with Crippen molar-refractivity contribution < 1.29 is 0 Å². The molecule has 0 unspecified atom stereocenters. The van der Waals surface area contributed by atoms with E-state index in [4.69, 9.17) is 11.0 Å². The van der Waals surface area contributed by atoms with E-state index in [1.807, 2.05) is 12.1 Å². The Balaban J connectivity index is 2.49. The van der Waals surface area contributed by atoms with Crippen molar-refractivity contribution in [3.05, 3.63) is 30.2 Å². The Morgan fingerprint density at radius 2 is 2.36 bits per heavy atom. The average molecular weight is 185 g/mol. The fourth-order valence-electron chi connectivity index (χ4n) is 1.08. The zero-order valence-electron chi connectivity index (χ0n) is 7.23. The fourth-order valence-corrected chi connectivity index (χ4v) is 1.08. The Bertz CT molecular complexity index is 480. The molecule has 68 valence electrons. The molecule has 0 aromatic carbocycles. The molecule has 2 aromatic heterocycles. The quantitative estimate of drug-likeness (QED) is 0.691. The van der Waals surface area contributed by atoms with Gasteiger partial charge in [-0.05, 0) is 6.07 Å². The normalized spacial score (nSPS) is 9.64. The van der Waals surface area contributed by atoms with Gasteiger partial charge in [0.25, 0.3) is 0 Å². The summed E-state index contributed by atoms with van der Waals surface area (Å²) in [6.45, 7) is 0. The topological polar surface area (TPSA) is 91.4 Å². The van der Waals surface area contributed by atoms with Crippen molar-refractivity contribution in [3.8, 4) is 17.5 Å². The second-order valence-electron chi connectivity index (χ2n) is 2.70. The summed E-state index contributed by atoms with van der Waals surface area (Å²) in [4.78, 5) is 10.9. The first-order valence-corrected chi connectivity index (χ1v) is 3.97. The number of anilines is 1. The lowest BCUT2D eigenvalue weighted by Crippen LogP contribution is -1.98. The third kappa shape index (κ3) is 1.29. The van der Waals surface area contributed by atoms with Gasteiger partial charge in [-0.2, -0.15) is 5.26 Å². The third-order valence-corrected chi connectivity index (χ3v) is 1.79. The first kappa shape index (κ1) is 8.26. The van der Waals surface area contributed by atoms with Crippen LogP contribution >= 0.6 is 0 Å². The summed E-state index contributed by atoms with van der Waals surface area (Å²) in [6, 6.07) is 3.74. The van der Waals surface area contributed by atoms with Crippen molar-refractivity contribution >= 4 is 5.82 Å². The molecule has 0 saturated heterocycles. The summed E-state index contributed by atoms with van der Waals surface area (Å²) in [5.74, 6) is 0.724. The first-order valence-electron chi connectivity index (χ1n) is 3.97. The van der Waals surface area contributed by atoms with E-state index in [1.165, 1.54) is 6.20 Å². The Morgan fingerprint density at radius 1 is 1.50 bits per heavy atom. The van der Waals surface area contributed by atoms with Crippen LogP contribution in [0.25, 0.3) is 11.4 Å². The molecule has 0 fully saturated rings. The van der Waals surface area contributed by atoms with Crippen LogP contribution in [0.4, 0.5) is 5.82 Å². The molecule has 0 radical (unpaired) electrons. The molecule has 2 heterocycles. The average Bonchev–Trinajstić information content (AvgIpc) is 2.70. The summed E-state index contributed by atoms with van der Waals surface area (Å²) >= 11 is 0. The minimum atomic E-state index is 0.207. The molecule has 0 atom stereocenters. The van der Waals surface area contributed by atoms with Gasteiger partial charge in [-0.15, -0.1) is 0 Å². The van der Waals surface area contributed by atoms with Crippen LogP contribution in [-0.2, 0) is 0 Å². The smallest absolute Gasteiger partial charge is 0.163 e. The Labute approximate surface area is 80.2 Å². The van der Waals surface area contributed by atoms with Gasteiger partial charge in [0.2, 0.25) is 0 Å². The third-order valence-electron chi connectivity index (χ3n) is 1.79. The summed E-state index contributed by atoms with van der Waals surface area (Å²) < 4.78 is 0. The number of nitriles is 1. The molecule has 2 rings (SSSR count). The molecular formula is C9H7N5. The highest BCUT2D eigenvalue weighted by Gasteiger charge is 2.05. The molecular weight excluding hydrogens is 178 g/mol. The molecule has 0 spiro atoms. The second-order valence-corrected chi connectivity index (χ2v) is 2.70. The number of aromatic nitrogens is 3. The van der Waals surface area contributed by atoms with Gasteiger partial charge in [0.05, 0.1) is 6.20 Å². The number of rotatable bonds is 1. The summed E-state index contributed by atoms with van der Waals surface area (Å²) in [7, 11) is 0. The van der Waals surface area contributed by atoms with Gasteiger partial charge in [-0.1, -0.05) is 0 Å². The highest BCUT2D eigenvalue weighted by molar-refractivity contribution is 5.58. The summed E-state index contributed by atoms with van der Waals surface area (Å²) in [5.41, 5.74) is 6.70. The Morgan fingerprint density at radius 3 is 2.93 bits per heavy atom. The molecule has 0 amide bonds. The number of H-pyrrole nitrogens is 1. The number of nitrogens with one attached hydrogen (secondary N) is 1. The molecule has 0 aliphatic heterocycles. The number of hydrogen-bond acceptors (Lipinski definition) is 4. The maximum atomic E-state index is 8.62. The van der Waals surface area contributed by atoms with Crippen molar-refractivity contribution in [1.82, 2.24) is 15.0 Å². The fraction of sp³-hybridized carbons (Fsp3) is 0. The standard InChI is InChI=1S/C9H7N5/c10-3-7-5-13-9(14-8(7)11)6-1-2-12-4-6/h1-2,4-5,12H,(H2,11,13,14). The van der Waals surface area contributed by atoms with E-state index in [1.54, 1.807) is 12.4 Å². The maximum absolute atomic E-state index is 8.62. The minimum Gasteiger partial charge on any atom is -0.382 e. The van der Waals surface area contributed by atoms with Crippen molar-refractivity contribution in [2.45, 2.75) is 0 Å². The molecule has 0 saturated carbocycles. The zero-order chi connectivity index (χ0) is 9.97. The second kappa shape index (κ2) is 3.18. The zero-order valence-corrected chi connectivity index (χ0v) is 7.23. The van der Waals surface area contributed by atoms with Crippen LogP contribution in [0, 0.1) is 11.3 Å². The molecule has 0 aliphatic carbocycles. The lowest BCUT2D eigenvalue weighted by atomic mass is 10.3. The first-order chi connectivity index (χ1) is 6.81.